The van der Waals surface area contributed by atoms with Gasteiger partial charge >= 0.3 is 0 Å². The van der Waals surface area contributed by atoms with Crippen LogP contribution >= 0.6 is 0 Å². The van der Waals surface area contributed by atoms with E-state index in [1.165, 1.54) is 48.5 Å². The maximum absolute atomic E-state index is 5.17. The number of imidazole rings is 1. The fourth-order valence-corrected chi connectivity index (χ4v) is 6.44. The molecule has 2 unspecified atom stereocenters. The summed E-state index contributed by atoms with van der Waals surface area (Å²) in [5.41, 5.74) is 4.03. The molecule has 0 spiro atoms. The topological polar surface area (TPSA) is 40.4 Å². The minimum absolute atomic E-state index is 0. The van der Waals surface area contributed by atoms with Crippen LogP contribution in [0.25, 0.3) is 0 Å². The van der Waals surface area contributed by atoms with Crippen LogP contribution in [0.2, 0.25) is 0 Å². The summed E-state index contributed by atoms with van der Waals surface area (Å²) in [6, 6.07) is 4.85. The highest BCUT2D eigenvalue weighted by Crippen LogP contribution is 2.43. The first-order valence-electron chi connectivity index (χ1n) is 12.6. The van der Waals surface area contributed by atoms with Crippen LogP contribution in [0.15, 0.2) is 36.7 Å². The zero-order chi connectivity index (χ0) is 21.5. The van der Waals surface area contributed by atoms with E-state index < -0.39 is 0 Å². The summed E-state index contributed by atoms with van der Waals surface area (Å²) in [6.07, 6.45) is 16.6. The Labute approximate surface area is 193 Å². The predicted octanol–water partition coefficient (Wildman–Crippen LogP) is 3.67. The molecular weight excluding hydrogens is 396 g/mol. The van der Waals surface area contributed by atoms with Crippen LogP contribution in [0.1, 0.15) is 62.1 Å². The first kappa shape index (κ1) is 20.6. The van der Waals surface area contributed by atoms with E-state index in [4.69, 9.17) is 9.97 Å². The molecular formula is C26H38N6. The number of piperidine rings is 1. The van der Waals surface area contributed by atoms with E-state index in [1.54, 1.807) is 0 Å². The Morgan fingerprint density at radius 1 is 1.09 bits per heavy atom. The van der Waals surface area contributed by atoms with Crippen LogP contribution in [0, 0.1) is 5.92 Å². The maximum atomic E-state index is 5.17. The third kappa shape index (κ3) is 3.82. The van der Waals surface area contributed by atoms with Crippen molar-refractivity contribution in [3.63, 3.8) is 0 Å². The number of aryl methyl sites for hydroxylation is 1. The molecule has 6 nitrogen and oxygen atoms in total. The molecule has 6 rings (SSSR count). The molecule has 0 aromatic carbocycles. The van der Waals surface area contributed by atoms with E-state index in [9.17, 15) is 0 Å². The number of pyridine rings is 1. The molecule has 0 N–H and O–H groups in total. The van der Waals surface area contributed by atoms with Gasteiger partial charge in [0.15, 0.2) is 0 Å². The lowest BCUT2D eigenvalue weighted by Crippen LogP contribution is -2.47. The van der Waals surface area contributed by atoms with Gasteiger partial charge in [0.2, 0.25) is 0 Å². The zero-order valence-electron chi connectivity index (χ0n) is 19.4. The Bertz CT molecular complexity index is 979. The van der Waals surface area contributed by atoms with Gasteiger partial charge in [-0.2, -0.15) is 0 Å². The number of rotatable bonds is 3. The summed E-state index contributed by atoms with van der Waals surface area (Å²) >= 11 is 0. The van der Waals surface area contributed by atoms with E-state index in [2.05, 4.69) is 56.8 Å². The van der Waals surface area contributed by atoms with Gasteiger partial charge < -0.3 is 9.47 Å². The number of nitrogens with zero attached hydrogens (tertiary/aromatic N) is 6. The Kier molecular flexibility index (Phi) is 5.61. The number of allylic oxidation sites excluding steroid dienone is 1. The standard InChI is InChI=1S/C26H36N6.H2/c1-29-14-16-30(17-15-29)24-9-3-2-8-23-28-22(19-32(23)24)18-31-13-5-7-21-11-10-20-6-4-12-27-25(20)26(21)31;/h2-4,6,12,19,21,24,26H,5,7-11,13-18H2,1H3;1H/t21-,24?,26?;/m0./s1. The number of hydrogen-bond donors (Lipinski definition) is 0. The molecule has 5 heterocycles. The third-order valence-corrected chi connectivity index (χ3v) is 8.17. The van der Waals surface area contributed by atoms with Crippen molar-refractivity contribution in [2.75, 3.05) is 39.8 Å². The SMILES string of the molecule is CN1CCN(C2CC=CCc3nc(CN4CCC[C@H]5CCc6cccnc6C54)cn32)CC1.[HH]. The Morgan fingerprint density at radius 2 is 2.00 bits per heavy atom. The monoisotopic (exact) mass is 434 g/mol. The van der Waals surface area contributed by atoms with Crippen LogP contribution in [-0.4, -0.2) is 69.0 Å². The number of likely N-dealkylation sites (tertiary alicyclic amines) is 1. The predicted molar refractivity (Wildman–Crippen MR) is 128 cm³/mol. The minimum atomic E-state index is 0. The summed E-state index contributed by atoms with van der Waals surface area (Å²) in [7, 11) is 2.23. The Morgan fingerprint density at radius 3 is 2.91 bits per heavy atom. The van der Waals surface area contributed by atoms with Crippen LogP contribution in [0.5, 0.6) is 0 Å². The number of fused-ring (bicyclic) bond motifs is 4. The lowest BCUT2D eigenvalue weighted by Gasteiger charge is -2.44. The quantitative estimate of drug-likeness (QED) is 0.690. The van der Waals surface area contributed by atoms with E-state index in [0.717, 1.165) is 58.0 Å². The van der Waals surface area contributed by atoms with Crippen molar-refractivity contribution in [3.05, 3.63) is 59.5 Å². The van der Waals surface area contributed by atoms with E-state index in [1.807, 2.05) is 6.20 Å². The van der Waals surface area contributed by atoms with E-state index in [0.29, 0.717) is 12.2 Å². The van der Waals surface area contributed by atoms with Gasteiger partial charge in [-0.15, -0.1) is 0 Å². The van der Waals surface area contributed by atoms with Gasteiger partial charge in [-0.05, 0) is 63.2 Å². The zero-order valence-corrected chi connectivity index (χ0v) is 19.4. The van der Waals surface area contributed by atoms with Gasteiger partial charge in [-0.25, -0.2) is 4.98 Å². The molecule has 32 heavy (non-hydrogen) atoms. The van der Waals surface area contributed by atoms with Crippen molar-refractivity contribution < 1.29 is 1.43 Å². The Hall–Kier alpha value is -2.02. The summed E-state index contributed by atoms with van der Waals surface area (Å²) in [5, 5.41) is 0. The molecule has 2 saturated heterocycles. The fourth-order valence-electron chi connectivity index (χ4n) is 6.44. The molecule has 2 aromatic heterocycles. The second-order valence-electron chi connectivity index (χ2n) is 10.2. The lowest BCUT2D eigenvalue weighted by molar-refractivity contribution is 0.0679. The number of aromatic nitrogens is 3. The lowest BCUT2D eigenvalue weighted by atomic mass is 9.77. The summed E-state index contributed by atoms with van der Waals surface area (Å²) in [5.74, 6) is 1.97. The molecule has 2 aromatic rings. The smallest absolute Gasteiger partial charge is 0.114 e. The van der Waals surface area contributed by atoms with Gasteiger partial charge in [-0.3, -0.25) is 14.8 Å². The van der Waals surface area contributed by atoms with Crippen LogP contribution < -0.4 is 0 Å². The molecule has 0 amide bonds. The van der Waals surface area contributed by atoms with Crippen molar-refractivity contribution >= 4 is 0 Å². The highest BCUT2D eigenvalue weighted by molar-refractivity contribution is 5.27. The van der Waals surface area contributed by atoms with Crippen molar-refractivity contribution in [2.24, 2.45) is 5.92 Å². The average Bonchev–Trinajstić information content (AvgIpc) is 3.11. The van der Waals surface area contributed by atoms with Gasteiger partial charge in [-0.1, -0.05) is 18.2 Å². The molecule has 2 fully saturated rings. The highest BCUT2D eigenvalue weighted by atomic mass is 15.4. The van der Waals surface area contributed by atoms with Crippen LogP contribution in [0.4, 0.5) is 0 Å². The van der Waals surface area contributed by atoms with Gasteiger partial charge in [0.1, 0.15) is 5.82 Å². The Balaban J connectivity index is 0.00000228. The second kappa shape index (κ2) is 8.73. The number of likely N-dealkylation sites (N-methyl/N-ethyl adjacent to an activating group) is 1. The van der Waals surface area contributed by atoms with Gasteiger partial charge in [0.25, 0.3) is 0 Å². The largest absolute Gasteiger partial charge is 0.318 e. The average molecular weight is 435 g/mol. The molecule has 0 bridgehead atoms. The highest BCUT2D eigenvalue weighted by Gasteiger charge is 2.38. The van der Waals surface area contributed by atoms with E-state index >= 15 is 0 Å². The van der Waals surface area contributed by atoms with Crippen molar-refractivity contribution in [1.29, 1.82) is 0 Å². The third-order valence-electron chi connectivity index (χ3n) is 8.17. The normalized spacial score (nSPS) is 29.2. The summed E-state index contributed by atoms with van der Waals surface area (Å²) in [4.78, 5) is 17.8. The van der Waals surface area contributed by atoms with Crippen molar-refractivity contribution in [1.82, 2.24) is 29.2 Å². The number of piperazine rings is 1. The van der Waals surface area contributed by atoms with Gasteiger partial charge in [0.05, 0.1) is 23.6 Å². The molecule has 0 radical (unpaired) electrons. The fraction of sp³-hybridized carbons (Fsp3) is 0.615. The summed E-state index contributed by atoms with van der Waals surface area (Å²) in [6.45, 7) is 6.68. The van der Waals surface area contributed by atoms with Crippen molar-refractivity contribution in [2.45, 2.75) is 57.3 Å². The first-order chi connectivity index (χ1) is 15.8. The van der Waals surface area contributed by atoms with Crippen LogP contribution in [-0.2, 0) is 19.4 Å². The molecule has 3 aliphatic heterocycles. The molecule has 3 atom stereocenters. The summed E-state index contributed by atoms with van der Waals surface area (Å²) < 4.78 is 2.50. The molecule has 6 heteroatoms. The van der Waals surface area contributed by atoms with Crippen molar-refractivity contribution in [3.8, 4) is 0 Å². The van der Waals surface area contributed by atoms with Gasteiger partial charge in [0, 0.05) is 53.0 Å². The number of hydrogen-bond acceptors (Lipinski definition) is 5. The molecule has 172 valence electrons. The molecule has 1 aliphatic carbocycles. The molecule has 4 aliphatic rings. The first-order valence-corrected chi connectivity index (χ1v) is 12.6. The minimum Gasteiger partial charge on any atom is -0.318 e. The molecule has 0 saturated carbocycles. The van der Waals surface area contributed by atoms with E-state index in [-0.39, 0.29) is 1.43 Å². The second-order valence-corrected chi connectivity index (χ2v) is 10.2. The maximum Gasteiger partial charge on any atom is 0.114 e. The van der Waals surface area contributed by atoms with Crippen LogP contribution in [0.3, 0.4) is 0 Å².